The third kappa shape index (κ3) is 5.23. The zero-order valence-corrected chi connectivity index (χ0v) is 14.3. The van der Waals surface area contributed by atoms with Gasteiger partial charge in [-0.2, -0.15) is 0 Å². The minimum atomic E-state index is -0.116. The number of nitrogens with one attached hydrogen (secondary N) is 2. The molecule has 0 aliphatic heterocycles. The molecule has 1 saturated carbocycles. The van der Waals surface area contributed by atoms with E-state index < -0.39 is 0 Å². The van der Waals surface area contributed by atoms with E-state index in [1.807, 2.05) is 0 Å². The summed E-state index contributed by atoms with van der Waals surface area (Å²) in [4.78, 5) is 24.3. The van der Waals surface area contributed by atoms with Gasteiger partial charge in [0.05, 0.1) is 12.8 Å². The normalized spacial score (nSPS) is 14.9. The maximum absolute atomic E-state index is 12.4. The van der Waals surface area contributed by atoms with Crippen molar-refractivity contribution in [3.63, 3.8) is 0 Å². The zero-order valence-electron chi connectivity index (χ0n) is 14.3. The molecule has 4 N–H and O–H groups in total. The van der Waals surface area contributed by atoms with Gasteiger partial charge >= 0.3 is 0 Å². The van der Waals surface area contributed by atoms with Gasteiger partial charge in [-0.15, -0.1) is 0 Å². The number of nitrogens with two attached hydrogens (primary N) is 1. The Morgan fingerprint density at radius 2 is 1.96 bits per heavy atom. The number of anilines is 2. The lowest BCUT2D eigenvalue weighted by molar-refractivity contribution is -0.120. The van der Waals surface area contributed by atoms with Gasteiger partial charge in [0, 0.05) is 18.0 Å². The highest BCUT2D eigenvalue weighted by Gasteiger charge is 2.21. The molecule has 0 bridgehead atoms. The van der Waals surface area contributed by atoms with Gasteiger partial charge in [-0.1, -0.05) is 19.3 Å². The van der Waals surface area contributed by atoms with Gasteiger partial charge < -0.3 is 21.1 Å². The Hall–Kier alpha value is -2.08. The molecule has 0 atom stereocenters. The number of hydrogen-bond acceptors (Lipinski definition) is 4. The van der Waals surface area contributed by atoms with Crippen molar-refractivity contribution in [2.45, 2.75) is 44.9 Å². The van der Waals surface area contributed by atoms with Crippen LogP contribution < -0.4 is 21.1 Å². The number of carbonyl (C=O) groups is 2. The number of amides is 2. The maximum atomic E-state index is 12.4. The number of hydrogen-bond donors (Lipinski definition) is 3. The van der Waals surface area contributed by atoms with Crippen molar-refractivity contribution < 1.29 is 14.3 Å². The molecule has 2 rings (SSSR count). The molecule has 1 fully saturated rings. The monoisotopic (exact) mass is 333 g/mol. The van der Waals surface area contributed by atoms with Crippen LogP contribution in [-0.2, 0) is 9.59 Å². The first-order valence-electron chi connectivity index (χ1n) is 8.63. The second-order valence-electron chi connectivity index (χ2n) is 6.18. The smallest absolute Gasteiger partial charge is 0.227 e. The van der Waals surface area contributed by atoms with Gasteiger partial charge in [-0.3, -0.25) is 9.59 Å². The van der Waals surface area contributed by atoms with Crippen LogP contribution in [0, 0.1) is 5.92 Å². The summed E-state index contributed by atoms with van der Waals surface area (Å²) < 4.78 is 5.27. The number of rotatable bonds is 7. The van der Waals surface area contributed by atoms with E-state index in [1.54, 1.807) is 25.3 Å². The second-order valence-corrected chi connectivity index (χ2v) is 6.18. The van der Waals surface area contributed by atoms with Gasteiger partial charge in [0.15, 0.2) is 0 Å². The van der Waals surface area contributed by atoms with E-state index in [1.165, 1.54) is 6.42 Å². The zero-order chi connectivity index (χ0) is 17.4. The number of benzene rings is 1. The third-order valence-electron chi connectivity index (χ3n) is 4.33. The third-order valence-corrected chi connectivity index (χ3v) is 4.33. The van der Waals surface area contributed by atoms with Gasteiger partial charge in [-0.25, -0.2) is 0 Å². The van der Waals surface area contributed by atoms with Crippen LogP contribution in [0.2, 0.25) is 0 Å². The highest BCUT2D eigenvalue weighted by atomic mass is 16.5. The summed E-state index contributed by atoms with van der Waals surface area (Å²) in [5.74, 6) is 0.588. The van der Waals surface area contributed by atoms with Gasteiger partial charge in [0.25, 0.3) is 0 Å². The molecule has 1 aromatic carbocycles. The summed E-state index contributed by atoms with van der Waals surface area (Å²) in [7, 11) is 1.55. The number of carbonyl (C=O) groups excluding carboxylic acids is 2. The van der Waals surface area contributed by atoms with Crippen LogP contribution in [0.15, 0.2) is 18.2 Å². The highest BCUT2D eigenvalue weighted by molar-refractivity contribution is 5.96. The minimum absolute atomic E-state index is 0.0558. The lowest BCUT2D eigenvalue weighted by atomic mass is 9.88. The standard InChI is InChI=1S/C18H27N3O3/c1-24-16-10-9-14(12-15(16)21-17(22)8-5-11-19)20-18(23)13-6-3-2-4-7-13/h9-10,12-13H,2-8,11,19H2,1H3,(H,20,23)(H,21,22). The van der Waals surface area contributed by atoms with Crippen LogP contribution in [0.3, 0.4) is 0 Å². The maximum Gasteiger partial charge on any atom is 0.227 e. The highest BCUT2D eigenvalue weighted by Crippen LogP contribution is 2.29. The molecule has 1 aliphatic rings. The van der Waals surface area contributed by atoms with E-state index in [0.29, 0.717) is 36.5 Å². The number of methoxy groups -OCH3 is 1. The van der Waals surface area contributed by atoms with Crippen molar-refractivity contribution in [3.8, 4) is 5.75 Å². The average Bonchev–Trinajstić information content (AvgIpc) is 2.61. The molecule has 24 heavy (non-hydrogen) atoms. The first-order chi connectivity index (χ1) is 11.6. The van der Waals surface area contributed by atoms with Crippen LogP contribution in [-0.4, -0.2) is 25.5 Å². The first-order valence-corrected chi connectivity index (χ1v) is 8.63. The fourth-order valence-corrected chi connectivity index (χ4v) is 2.97. The average molecular weight is 333 g/mol. The van der Waals surface area contributed by atoms with Crippen molar-refractivity contribution in [2.75, 3.05) is 24.3 Å². The van der Waals surface area contributed by atoms with Crippen molar-refractivity contribution in [3.05, 3.63) is 18.2 Å². The topological polar surface area (TPSA) is 93.5 Å². The molecule has 0 aromatic heterocycles. The van der Waals surface area contributed by atoms with Gasteiger partial charge in [0.2, 0.25) is 11.8 Å². The first kappa shape index (κ1) is 18.3. The minimum Gasteiger partial charge on any atom is -0.495 e. The summed E-state index contributed by atoms with van der Waals surface area (Å²) in [6.07, 6.45) is 6.33. The molecule has 2 amide bonds. The fourth-order valence-electron chi connectivity index (χ4n) is 2.97. The molecule has 0 saturated heterocycles. The van der Waals surface area contributed by atoms with Crippen molar-refractivity contribution in [2.24, 2.45) is 11.7 Å². The summed E-state index contributed by atoms with van der Waals surface area (Å²) in [5.41, 5.74) is 6.65. The van der Waals surface area contributed by atoms with Crippen molar-refractivity contribution in [1.82, 2.24) is 0 Å². The summed E-state index contributed by atoms with van der Waals surface area (Å²) >= 11 is 0. The fraction of sp³-hybridized carbons (Fsp3) is 0.556. The summed E-state index contributed by atoms with van der Waals surface area (Å²) in [5, 5.41) is 5.77. The quantitative estimate of drug-likeness (QED) is 0.715. The van der Waals surface area contributed by atoms with Gasteiger partial charge in [-0.05, 0) is 44.0 Å². The van der Waals surface area contributed by atoms with Crippen molar-refractivity contribution >= 4 is 23.2 Å². The molecule has 0 radical (unpaired) electrons. The number of ether oxygens (including phenoxy) is 1. The molecular formula is C18H27N3O3. The molecule has 132 valence electrons. The van der Waals surface area contributed by atoms with E-state index >= 15 is 0 Å². The van der Waals surface area contributed by atoms with Crippen LogP contribution in [0.25, 0.3) is 0 Å². The largest absolute Gasteiger partial charge is 0.495 e. The molecule has 0 spiro atoms. The molecule has 1 aromatic rings. The predicted molar refractivity (Wildman–Crippen MR) is 95.1 cm³/mol. The second kappa shape index (κ2) is 9.27. The molecule has 1 aliphatic carbocycles. The van der Waals surface area contributed by atoms with Crippen molar-refractivity contribution in [1.29, 1.82) is 0 Å². The van der Waals surface area contributed by atoms with E-state index in [-0.39, 0.29) is 17.7 Å². The molecule has 0 heterocycles. The Kier molecular flexibility index (Phi) is 7.06. The molecule has 0 unspecified atom stereocenters. The lowest BCUT2D eigenvalue weighted by Crippen LogP contribution is -2.24. The summed E-state index contributed by atoms with van der Waals surface area (Å²) in [6.45, 7) is 0.474. The van der Waals surface area contributed by atoms with E-state index in [9.17, 15) is 9.59 Å². The van der Waals surface area contributed by atoms with Crippen LogP contribution >= 0.6 is 0 Å². The summed E-state index contributed by atoms with van der Waals surface area (Å²) in [6, 6.07) is 5.27. The molecule has 6 heteroatoms. The SMILES string of the molecule is COc1ccc(NC(=O)C2CCCCC2)cc1NC(=O)CCCN. The molecular weight excluding hydrogens is 306 g/mol. The Bertz CT molecular complexity index is 569. The van der Waals surface area contributed by atoms with Crippen LogP contribution in [0.1, 0.15) is 44.9 Å². The van der Waals surface area contributed by atoms with E-state index in [4.69, 9.17) is 10.5 Å². The van der Waals surface area contributed by atoms with E-state index in [0.717, 1.165) is 25.7 Å². The Morgan fingerprint density at radius 1 is 1.21 bits per heavy atom. The van der Waals surface area contributed by atoms with E-state index in [2.05, 4.69) is 10.6 Å². The lowest BCUT2D eigenvalue weighted by Gasteiger charge is -2.21. The van der Waals surface area contributed by atoms with Crippen LogP contribution in [0.4, 0.5) is 11.4 Å². The predicted octanol–water partition coefficient (Wildman–Crippen LogP) is 2.89. The molecule has 6 nitrogen and oxygen atoms in total. The van der Waals surface area contributed by atoms with Crippen LogP contribution in [0.5, 0.6) is 5.75 Å². The van der Waals surface area contributed by atoms with Gasteiger partial charge in [0.1, 0.15) is 5.75 Å². The Labute approximate surface area is 143 Å². The Balaban J connectivity index is 2.03. The Morgan fingerprint density at radius 3 is 2.62 bits per heavy atom.